The molecule has 0 heterocycles. The second kappa shape index (κ2) is 9.86. The number of likely N-dealkylation sites (N-methyl/N-ethyl adjacent to an activating group) is 1. The normalized spacial score (nSPS) is 11.9. The molecule has 0 rings (SSSR count). The summed E-state index contributed by atoms with van der Waals surface area (Å²) in [6.45, 7) is 1.46. The zero-order valence-electron chi connectivity index (χ0n) is 10.4. The number of urea groups is 1. The van der Waals surface area contributed by atoms with Crippen LogP contribution in [0.1, 0.15) is 12.8 Å². The SMILES string of the molecule is CN[C@@H](CCCNC(N)=O)C(=O)NCCOC. The van der Waals surface area contributed by atoms with Crippen LogP contribution in [0.15, 0.2) is 0 Å². The van der Waals surface area contributed by atoms with Crippen molar-refractivity contribution in [1.29, 1.82) is 0 Å². The predicted octanol–water partition coefficient (Wildman–Crippen LogP) is -1.21. The van der Waals surface area contributed by atoms with Gasteiger partial charge in [-0.25, -0.2) is 4.79 Å². The molecular weight excluding hydrogens is 224 g/mol. The molecule has 0 unspecified atom stereocenters. The standard InChI is InChI=1S/C10H22N4O3/c1-12-8(4-3-5-14-10(11)16)9(15)13-6-7-17-2/h8,12H,3-7H2,1-2H3,(H,13,15)(H3,11,14,16)/t8-/m0/s1. The van der Waals surface area contributed by atoms with Gasteiger partial charge in [0.15, 0.2) is 0 Å². The summed E-state index contributed by atoms with van der Waals surface area (Å²) in [6, 6.07) is -0.808. The van der Waals surface area contributed by atoms with E-state index in [0.29, 0.717) is 32.5 Å². The van der Waals surface area contributed by atoms with Crippen LogP contribution in [-0.2, 0) is 9.53 Å². The first-order chi connectivity index (χ1) is 8.11. The topological polar surface area (TPSA) is 105 Å². The van der Waals surface area contributed by atoms with Crippen molar-refractivity contribution in [2.45, 2.75) is 18.9 Å². The second-order valence-corrected chi connectivity index (χ2v) is 3.56. The minimum atomic E-state index is -0.546. The third-order valence-corrected chi connectivity index (χ3v) is 2.24. The Bertz CT molecular complexity index is 236. The Labute approximate surface area is 101 Å². The van der Waals surface area contributed by atoms with E-state index < -0.39 is 6.03 Å². The monoisotopic (exact) mass is 246 g/mol. The van der Waals surface area contributed by atoms with Crippen LogP contribution >= 0.6 is 0 Å². The fourth-order valence-corrected chi connectivity index (χ4v) is 1.32. The Morgan fingerprint density at radius 1 is 1.29 bits per heavy atom. The van der Waals surface area contributed by atoms with Crippen LogP contribution in [0.3, 0.4) is 0 Å². The number of carbonyl (C=O) groups excluding carboxylic acids is 2. The number of nitrogens with one attached hydrogen (secondary N) is 3. The average Bonchev–Trinajstić information content (AvgIpc) is 2.29. The van der Waals surface area contributed by atoms with E-state index in [1.165, 1.54) is 0 Å². The highest BCUT2D eigenvalue weighted by Crippen LogP contribution is 1.96. The van der Waals surface area contributed by atoms with Crippen molar-refractivity contribution in [1.82, 2.24) is 16.0 Å². The average molecular weight is 246 g/mol. The Morgan fingerprint density at radius 2 is 2.00 bits per heavy atom. The minimum absolute atomic E-state index is 0.0661. The highest BCUT2D eigenvalue weighted by Gasteiger charge is 2.14. The molecule has 1 atom stereocenters. The van der Waals surface area contributed by atoms with E-state index in [1.807, 2.05) is 0 Å². The molecule has 7 nitrogen and oxygen atoms in total. The number of hydrogen-bond acceptors (Lipinski definition) is 4. The van der Waals surface area contributed by atoms with Crippen LogP contribution in [0, 0.1) is 0 Å². The van der Waals surface area contributed by atoms with Gasteiger partial charge in [-0.2, -0.15) is 0 Å². The van der Waals surface area contributed by atoms with Crippen molar-refractivity contribution in [2.24, 2.45) is 5.73 Å². The molecule has 3 amide bonds. The van der Waals surface area contributed by atoms with Crippen LogP contribution in [0.5, 0.6) is 0 Å². The van der Waals surface area contributed by atoms with Crippen LogP contribution in [0.25, 0.3) is 0 Å². The molecule has 17 heavy (non-hydrogen) atoms. The Morgan fingerprint density at radius 3 is 2.53 bits per heavy atom. The molecule has 5 N–H and O–H groups in total. The van der Waals surface area contributed by atoms with Gasteiger partial charge in [0.05, 0.1) is 12.6 Å². The first-order valence-corrected chi connectivity index (χ1v) is 5.59. The fourth-order valence-electron chi connectivity index (χ4n) is 1.32. The number of ether oxygens (including phenoxy) is 1. The molecular formula is C10H22N4O3. The van der Waals surface area contributed by atoms with Gasteiger partial charge < -0.3 is 26.4 Å². The molecule has 0 aromatic rings. The summed E-state index contributed by atoms with van der Waals surface area (Å²) in [4.78, 5) is 22.1. The zero-order chi connectivity index (χ0) is 13.1. The van der Waals surface area contributed by atoms with E-state index in [9.17, 15) is 9.59 Å². The highest BCUT2D eigenvalue weighted by molar-refractivity contribution is 5.81. The lowest BCUT2D eigenvalue weighted by atomic mass is 10.1. The van der Waals surface area contributed by atoms with Gasteiger partial charge in [0.2, 0.25) is 5.91 Å². The lowest BCUT2D eigenvalue weighted by Gasteiger charge is -2.15. The van der Waals surface area contributed by atoms with Gasteiger partial charge in [0.25, 0.3) is 0 Å². The highest BCUT2D eigenvalue weighted by atomic mass is 16.5. The number of nitrogens with two attached hydrogens (primary N) is 1. The van der Waals surface area contributed by atoms with Crippen LogP contribution in [-0.4, -0.2) is 51.8 Å². The number of carbonyl (C=O) groups is 2. The van der Waals surface area contributed by atoms with Crippen molar-refractivity contribution in [3.05, 3.63) is 0 Å². The lowest BCUT2D eigenvalue weighted by molar-refractivity contribution is -0.123. The molecule has 7 heteroatoms. The smallest absolute Gasteiger partial charge is 0.312 e. The largest absolute Gasteiger partial charge is 0.383 e. The number of hydrogen-bond donors (Lipinski definition) is 4. The summed E-state index contributed by atoms with van der Waals surface area (Å²) in [6.07, 6.45) is 1.32. The van der Waals surface area contributed by atoms with Gasteiger partial charge in [0.1, 0.15) is 0 Å². The maximum absolute atomic E-state index is 11.6. The third-order valence-electron chi connectivity index (χ3n) is 2.24. The Hall–Kier alpha value is -1.34. The van der Waals surface area contributed by atoms with E-state index in [1.54, 1.807) is 14.2 Å². The van der Waals surface area contributed by atoms with E-state index in [0.717, 1.165) is 0 Å². The van der Waals surface area contributed by atoms with Gasteiger partial charge in [-0.15, -0.1) is 0 Å². The van der Waals surface area contributed by atoms with E-state index in [4.69, 9.17) is 10.5 Å². The summed E-state index contributed by atoms with van der Waals surface area (Å²) in [5.74, 6) is -0.0661. The summed E-state index contributed by atoms with van der Waals surface area (Å²) in [5, 5.41) is 8.14. The van der Waals surface area contributed by atoms with E-state index >= 15 is 0 Å². The quantitative estimate of drug-likeness (QED) is 0.383. The maximum Gasteiger partial charge on any atom is 0.312 e. The van der Waals surface area contributed by atoms with Crippen molar-refractivity contribution < 1.29 is 14.3 Å². The van der Waals surface area contributed by atoms with E-state index in [2.05, 4.69) is 16.0 Å². The minimum Gasteiger partial charge on any atom is -0.383 e. The number of primary amides is 1. The molecule has 0 aliphatic carbocycles. The molecule has 0 saturated carbocycles. The Kier molecular flexibility index (Phi) is 9.08. The summed E-state index contributed by atoms with van der Waals surface area (Å²) < 4.78 is 4.83. The van der Waals surface area contributed by atoms with Crippen molar-refractivity contribution >= 4 is 11.9 Å². The van der Waals surface area contributed by atoms with Crippen LogP contribution < -0.4 is 21.7 Å². The van der Waals surface area contributed by atoms with Gasteiger partial charge in [0, 0.05) is 20.2 Å². The second-order valence-electron chi connectivity index (χ2n) is 3.56. The van der Waals surface area contributed by atoms with Gasteiger partial charge in [-0.1, -0.05) is 0 Å². The molecule has 0 aromatic carbocycles. The molecule has 0 aromatic heterocycles. The lowest BCUT2D eigenvalue weighted by Crippen LogP contribution is -2.44. The number of methoxy groups -OCH3 is 1. The molecule has 0 aliphatic heterocycles. The molecule has 0 radical (unpaired) electrons. The summed E-state index contributed by atoms with van der Waals surface area (Å²) in [5.41, 5.74) is 4.92. The summed E-state index contributed by atoms with van der Waals surface area (Å²) >= 11 is 0. The molecule has 0 saturated heterocycles. The Balaban J connectivity index is 3.73. The number of rotatable bonds is 9. The number of amides is 3. The summed E-state index contributed by atoms with van der Waals surface area (Å²) in [7, 11) is 3.30. The first-order valence-electron chi connectivity index (χ1n) is 5.59. The molecule has 0 aliphatic rings. The van der Waals surface area contributed by atoms with Crippen molar-refractivity contribution in [3.8, 4) is 0 Å². The fraction of sp³-hybridized carbons (Fsp3) is 0.800. The predicted molar refractivity (Wildman–Crippen MR) is 64.6 cm³/mol. The maximum atomic E-state index is 11.6. The van der Waals surface area contributed by atoms with Gasteiger partial charge >= 0.3 is 6.03 Å². The van der Waals surface area contributed by atoms with Crippen molar-refractivity contribution in [3.63, 3.8) is 0 Å². The zero-order valence-corrected chi connectivity index (χ0v) is 10.4. The van der Waals surface area contributed by atoms with Crippen LogP contribution in [0.2, 0.25) is 0 Å². The van der Waals surface area contributed by atoms with Crippen LogP contribution in [0.4, 0.5) is 4.79 Å². The van der Waals surface area contributed by atoms with E-state index in [-0.39, 0.29) is 11.9 Å². The molecule has 0 spiro atoms. The van der Waals surface area contributed by atoms with Gasteiger partial charge in [-0.05, 0) is 19.9 Å². The third kappa shape index (κ3) is 8.47. The van der Waals surface area contributed by atoms with Gasteiger partial charge in [-0.3, -0.25) is 4.79 Å². The molecule has 100 valence electrons. The molecule has 0 fully saturated rings. The molecule has 0 bridgehead atoms. The first kappa shape index (κ1) is 15.7. The van der Waals surface area contributed by atoms with Crippen molar-refractivity contribution in [2.75, 3.05) is 33.9 Å².